The molecule has 0 radical (unpaired) electrons. The van der Waals surface area contributed by atoms with Crippen LogP contribution in [0.15, 0.2) is 59.8 Å². The van der Waals surface area contributed by atoms with E-state index in [9.17, 15) is 4.79 Å². The van der Waals surface area contributed by atoms with Gasteiger partial charge in [-0.25, -0.2) is 9.78 Å². The number of anilines is 1. The van der Waals surface area contributed by atoms with Gasteiger partial charge in [-0.3, -0.25) is 4.57 Å². The molecule has 5 nitrogen and oxygen atoms in total. The Kier molecular flexibility index (Phi) is 4.67. The third kappa shape index (κ3) is 2.97. The largest absolute Gasteiger partial charge is 0.463 e. The van der Waals surface area contributed by atoms with Gasteiger partial charge in [0.15, 0.2) is 0 Å². The number of benzene rings is 2. The van der Waals surface area contributed by atoms with Crippen LogP contribution in [0, 0.1) is 0 Å². The number of aromatic nitrogens is 2. The Morgan fingerprint density at radius 1 is 1.18 bits per heavy atom. The van der Waals surface area contributed by atoms with Gasteiger partial charge < -0.3 is 10.1 Å². The molecule has 1 aromatic heterocycles. The van der Waals surface area contributed by atoms with E-state index in [-0.39, 0.29) is 12.0 Å². The number of esters is 1. The van der Waals surface area contributed by atoms with Crippen molar-refractivity contribution >= 4 is 23.0 Å². The highest BCUT2D eigenvalue weighted by atomic mass is 16.5. The lowest BCUT2D eigenvalue weighted by Crippen LogP contribution is -2.29. The lowest BCUT2D eigenvalue weighted by atomic mass is 9.93. The highest BCUT2D eigenvalue weighted by Gasteiger charge is 2.34. The van der Waals surface area contributed by atoms with Crippen molar-refractivity contribution in [3.63, 3.8) is 0 Å². The van der Waals surface area contributed by atoms with Crippen LogP contribution in [0.25, 0.3) is 11.0 Å². The second-order valence-corrected chi connectivity index (χ2v) is 7.40. The van der Waals surface area contributed by atoms with Gasteiger partial charge in [-0.15, -0.1) is 0 Å². The van der Waals surface area contributed by atoms with Gasteiger partial charge in [0.05, 0.1) is 29.3 Å². The van der Waals surface area contributed by atoms with Gasteiger partial charge in [0.2, 0.25) is 5.95 Å². The fourth-order valence-corrected chi connectivity index (χ4v) is 3.82. The highest BCUT2D eigenvalue weighted by Crippen LogP contribution is 2.39. The number of imidazole rings is 1. The van der Waals surface area contributed by atoms with Crippen LogP contribution in [-0.2, 0) is 9.53 Å². The number of nitrogens with zero attached hydrogens (tertiary/aromatic N) is 2. The van der Waals surface area contributed by atoms with E-state index in [2.05, 4.69) is 48.0 Å². The van der Waals surface area contributed by atoms with Gasteiger partial charge in [-0.1, -0.05) is 50.2 Å². The Morgan fingerprint density at radius 3 is 2.57 bits per heavy atom. The molecule has 0 aliphatic carbocycles. The number of hydrogen-bond donors (Lipinski definition) is 1. The molecule has 5 heteroatoms. The number of hydrogen-bond acceptors (Lipinski definition) is 4. The maximum Gasteiger partial charge on any atom is 0.338 e. The molecule has 1 atom stereocenters. The van der Waals surface area contributed by atoms with Crippen molar-refractivity contribution in [2.24, 2.45) is 0 Å². The molecule has 4 rings (SSSR count). The van der Waals surface area contributed by atoms with Crippen LogP contribution >= 0.6 is 0 Å². The Bertz CT molecular complexity index is 1060. The Morgan fingerprint density at radius 2 is 1.89 bits per heavy atom. The molecule has 0 bridgehead atoms. The van der Waals surface area contributed by atoms with Crippen molar-refractivity contribution in [2.75, 3.05) is 11.9 Å². The summed E-state index contributed by atoms with van der Waals surface area (Å²) in [6.45, 7) is 8.43. The molecular weight excluding hydrogens is 350 g/mol. The minimum atomic E-state index is -0.297. The van der Waals surface area contributed by atoms with Crippen molar-refractivity contribution in [1.29, 1.82) is 0 Å². The first-order valence-corrected chi connectivity index (χ1v) is 9.73. The monoisotopic (exact) mass is 375 g/mol. The lowest BCUT2D eigenvalue weighted by Gasteiger charge is -2.30. The fraction of sp³-hybridized carbons (Fsp3) is 0.304. The van der Waals surface area contributed by atoms with Crippen molar-refractivity contribution < 1.29 is 9.53 Å². The standard InChI is InChI=1S/C23H25N3O2/c1-5-28-22(27)20-15(4)24-23-25-18-8-6-7-9-19(18)26(23)21(20)17-12-10-16(11-13-17)14(2)3/h6-14,21H,5H2,1-4H3,(H,24,25). The SMILES string of the molecule is CCOC(=O)C1=C(C)Nc2nc3ccccc3n2C1c1ccc(C(C)C)cc1. The van der Waals surface area contributed by atoms with Gasteiger partial charge >= 0.3 is 5.97 Å². The molecule has 2 heterocycles. The molecule has 0 saturated heterocycles. The van der Waals surface area contributed by atoms with E-state index in [0.29, 0.717) is 18.1 Å². The predicted octanol–water partition coefficient (Wildman–Crippen LogP) is 5.01. The summed E-state index contributed by atoms with van der Waals surface area (Å²) in [7, 11) is 0. The van der Waals surface area contributed by atoms with E-state index in [1.165, 1.54) is 5.56 Å². The number of carbonyl (C=O) groups is 1. The van der Waals surface area contributed by atoms with Crippen LogP contribution in [0.5, 0.6) is 0 Å². The maximum absolute atomic E-state index is 12.9. The number of allylic oxidation sites excluding steroid dienone is 1. The first kappa shape index (κ1) is 18.3. The zero-order valence-electron chi connectivity index (χ0n) is 16.7. The van der Waals surface area contributed by atoms with Crippen molar-refractivity contribution in [3.8, 4) is 0 Å². The van der Waals surface area contributed by atoms with Crippen LogP contribution in [0.2, 0.25) is 0 Å². The molecule has 0 fully saturated rings. The average molecular weight is 375 g/mol. The van der Waals surface area contributed by atoms with E-state index in [0.717, 1.165) is 28.2 Å². The molecule has 1 aliphatic rings. The Labute approximate surface area is 165 Å². The van der Waals surface area contributed by atoms with Crippen molar-refractivity contribution in [1.82, 2.24) is 9.55 Å². The molecule has 0 amide bonds. The minimum absolute atomic E-state index is 0.288. The van der Waals surface area contributed by atoms with Crippen LogP contribution in [0.4, 0.5) is 5.95 Å². The van der Waals surface area contributed by atoms with E-state index in [1.807, 2.05) is 38.1 Å². The molecule has 3 aromatic rings. The first-order chi connectivity index (χ1) is 13.5. The maximum atomic E-state index is 12.9. The number of nitrogens with one attached hydrogen (secondary N) is 1. The summed E-state index contributed by atoms with van der Waals surface area (Å²) >= 11 is 0. The van der Waals surface area contributed by atoms with E-state index in [1.54, 1.807) is 0 Å². The molecule has 0 saturated carbocycles. The number of ether oxygens (including phenoxy) is 1. The van der Waals surface area contributed by atoms with Gasteiger partial charge in [0.1, 0.15) is 0 Å². The van der Waals surface area contributed by atoms with E-state index >= 15 is 0 Å². The summed E-state index contributed by atoms with van der Waals surface area (Å²) < 4.78 is 7.49. The summed E-state index contributed by atoms with van der Waals surface area (Å²) in [5, 5.41) is 3.30. The summed E-state index contributed by atoms with van der Waals surface area (Å²) in [5.74, 6) is 0.895. The Hall–Kier alpha value is -3.08. The quantitative estimate of drug-likeness (QED) is 0.651. The van der Waals surface area contributed by atoms with E-state index < -0.39 is 0 Å². The lowest BCUT2D eigenvalue weighted by molar-refractivity contribution is -0.139. The van der Waals surface area contributed by atoms with Gasteiger partial charge in [-0.2, -0.15) is 0 Å². The van der Waals surface area contributed by atoms with Crippen molar-refractivity contribution in [3.05, 3.63) is 70.9 Å². The summed E-state index contributed by atoms with van der Waals surface area (Å²) in [6, 6.07) is 16.2. The van der Waals surface area contributed by atoms with Crippen LogP contribution in [0.3, 0.4) is 0 Å². The number of para-hydroxylation sites is 2. The molecule has 2 aromatic carbocycles. The summed E-state index contributed by atoms with van der Waals surface area (Å²) in [6.07, 6.45) is 0. The van der Waals surface area contributed by atoms with Crippen LogP contribution in [0.1, 0.15) is 50.8 Å². The van der Waals surface area contributed by atoms with Gasteiger partial charge in [0, 0.05) is 5.70 Å². The zero-order chi connectivity index (χ0) is 19.8. The third-order valence-electron chi connectivity index (χ3n) is 5.24. The van der Waals surface area contributed by atoms with Gasteiger partial charge in [0.25, 0.3) is 0 Å². The summed E-state index contributed by atoms with van der Waals surface area (Å²) in [5.41, 5.74) is 5.59. The van der Waals surface area contributed by atoms with Crippen LogP contribution < -0.4 is 5.32 Å². The smallest absolute Gasteiger partial charge is 0.338 e. The molecule has 0 spiro atoms. The topological polar surface area (TPSA) is 56.1 Å². The van der Waals surface area contributed by atoms with E-state index in [4.69, 9.17) is 9.72 Å². The second-order valence-electron chi connectivity index (χ2n) is 7.40. The normalized spacial score (nSPS) is 16.2. The minimum Gasteiger partial charge on any atom is -0.463 e. The molecule has 144 valence electrons. The van der Waals surface area contributed by atoms with Crippen LogP contribution in [-0.4, -0.2) is 22.1 Å². The van der Waals surface area contributed by atoms with Crippen molar-refractivity contribution in [2.45, 2.75) is 39.7 Å². The second kappa shape index (κ2) is 7.15. The molecule has 1 unspecified atom stereocenters. The predicted molar refractivity (Wildman–Crippen MR) is 111 cm³/mol. The fourth-order valence-electron chi connectivity index (χ4n) is 3.82. The first-order valence-electron chi connectivity index (χ1n) is 9.73. The molecule has 1 aliphatic heterocycles. The number of carbonyl (C=O) groups excluding carboxylic acids is 1. The highest BCUT2D eigenvalue weighted by molar-refractivity contribution is 5.94. The summed E-state index contributed by atoms with van der Waals surface area (Å²) in [4.78, 5) is 17.6. The molecule has 1 N–H and O–H groups in total. The van der Waals surface area contributed by atoms with Gasteiger partial charge in [-0.05, 0) is 43.0 Å². The average Bonchev–Trinajstić information content (AvgIpc) is 3.05. The Balaban J connectivity index is 1.93. The number of fused-ring (bicyclic) bond motifs is 3. The zero-order valence-corrected chi connectivity index (χ0v) is 16.7. The number of rotatable bonds is 4. The molecule has 28 heavy (non-hydrogen) atoms. The molecular formula is C23H25N3O2. The third-order valence-corrected chi connectivity index (χ3v) is 5.24.